The van der Waals surface area contributed by atoms with Crippen molar-refractivity contribution >= 4 is 11.9 Å². The molecule has 2 heterocycles. The fourth-order valence-corrected chi connectivity index (χ4v) is 2.91. The number of carbonyl (C=O) groups is 1. The Morgan fingerprint density at radius 1 is 1.35 bits per heavy atom. The molecule has 1 amide bonds. The molecule has 0 atom stereocenters. The molecule has 0 saturated carbocycles. The summed E-state index contributed by atoms with van der Waals surface area (Å²) in [4.78, 5) is 16.6. The van der Waals surface area contributed by atoms with Gasteiger partial charge in [-0.25, -0.2) is 9.07 Å². The normalized spacial score (nSPS) is 15.0. The standard InChI is InChI=1S/C18H24FN5O2/c1-24-18(22-17(23-24)13-8-10-20-11-9-13)21-16(25)3-2-12-26-15-6-4-14(19)5-7-15/h4-7,13,20H,2-3,8-12H2,1H3,(H,21,22,23,25). The lowest BCUT2D eigenvalue weighted by molar-refractivity contribution is -0.116. The molecule has 1 fully saturated rings. The summed E-state index contributed by atoms with van der Waals surface area (Å²) in [7, 11) is 1.78. The molecule has 0 aliphatic carbocycles. The number of amides is 1. The number of rotatable bonds is 7. The molecule has 0 spiro atoms. The molecule has 1 aliphatic rings. The second-order valence-corrected chi connectivity index (χ2v) is 6.40. The quantitative estimate of drug-likeness (QED) is 0.739. The first-order chi connectivity index (χ1) is 12.6. The molecule has 0 bridgehead atoms. The number of piperidine rings is 1. The zero-order chi connectivity index (χ0) is 18.4. The van der Waals surface area contributed by atoms with Gasteiger partial charge in [-0.1, -0.05) is 0 Å². The number of anilines is 1. The average molecular weight is 361 g/mol. The van der Waals surface area contributed by atoms with Gasteiger partial charge >= 0.3 is 0 Å². The summed E-state index contributed by atoms with van der Waals surface area (Å²) < 4.78 is 19.9. The van der Waals surface area contributed by atoms with Crippen molar-refractivity contribution in [3.05, 3.63) is 35.9 Å². The van der Waals surface area contributed by atoms with E-state index in [1.165, 1.54) is 12.1 Å². The van der Waals surface area contributed by atoms with Gasteiger partial charge in [0.15, 0.2) is 5.82 Å². The van der Waals surface area contributed by atoms with Crippen LogP contribution in [0.2, 0.25) is 0 Å². The van der Waals surface area contributed by atoms with E-state index in [1.807, 2.05) is 0 Å². The van der Waals surface area contributed by atoms with Crippen molar-refractivity contribution in [3.63, 3.8) is 0 Å². The van der Waals surface area contributed by atoms with Crippen LogP contribution in [0.25, 0.3) is 0 Å². The highest BCUT2D eigenvalue weighted by atomic mass is 19.1. The summed E-state index contributed by atoms with van der Waals surface area (Å²) in [6, 6.07) is 5.82. The van der Waals surface area contributed by atoms with E-state index >= 15 is 0 Å². The first kappa shape index (κ1) is 18.3. The zero-order valence-electron chi connectivity index (χ0n) is 14.9. The first-order valence-corrected chi connectivity index (χ1v) is 8.91. The average Bonchev–Trinajstić information content (AvgIpc) is 3.01. The fourth-order valence-electron chi connectivity index (χ4n) is 2.91. The third-order valence-corrected chi connectivity index (χ3v) is 4.37. The van der Waals surface area contributed by atoms with E-state index in [2.05, 4.69) is 20.7 Å². The Hall–Kier alpha value is -2.48. The first-order valence-electron chi connectivity index (χ1n) is 8.91. The number of halogens is 1. The number of ether oxygens (including phenoxy) is 1. The molecule has 2 aromatic rings. The highest BCUT2D eigenvalue weighted by molar-refractivity contribution is 5.88. The van der Waals surface area contributed by atoms with Crippen molar-refractivity contribution in [2.75, 3.05) is 25.0 Å². The van der Waals surface area contributed by atoms with Crippen LogP contribution in [0.5, 0.6) is 5.75 Å². The van der Waals surface area contributed by atoms with Gasteiger partial charge < -0.3 is 10.1 Å². The largest absolute Gasteiger partial charge is 0.494 e. The molecule has 1 aromatic carbocycles. The molecule has 140 valence electrons. The highest BCUT2D eigenvalue weighted by Gasteiger charge is 2.21. The van der Waals surface area contributed by atoms with Crippen LogP contribution in [0.1, 0.15) is 37.4 Å². The predicted octanol–water partition coefficient (Wildman–Crippen LogP) is 2.22. The maximum Gasteiger partial charge on any atom is 0.227 e. The van der Waals surface area contributed by atoms with Gasteiger partial charge in [0.05, 0.1) is 6.61 Å². The number of aromatic nitrogens is 3. The fraction of sp³-hybridized carbons (Fsp3) is 0.500. The van der Waals surface area contributed by atoms with E-state index in [0.29, 0.717) is 37.1 Å². The van der Waals surface area contributed by atoms with Crippen LogP contribution < -0.4 is 15.4 Å². The highest BCUT2D eigenvalue weighted by Crippen LogP contribution is 2.23. The number of nitrogens with one attached hydrogen (secondary N) is 2. The van der Waals surface area contributed by atoms with Gasteiger partial charge in [0.25, 0.3) is 0 Å². The Morgan fingerprint density at radius 3 is 2.81 bits per heavy atom. The second-order valence-electron chi connectivity index (χ2n) is 6.40. The second kappa shape index (κ2) is 8.75. The Morgan fingerprint density at radius 2 is 2.08 bits per heavy atom. The smallest absolute Gasteiger partial charge is 0.227 e. The van der Waals surface area contributed by atoms with E-state index in [-0.39, 0.29) is 11.7 Å². The summed E-state index contributed by atoms with van der Waals surface area (Å²) in [5, 5.41) is 10.6. The molecule has 7 nitrogen and oxygen atoms in total. The molecular formula is C18H24FN5O2. The lowest BCUT2D eigenvalue weighted by atomic mass is 9.98. The van der Waals surface area contributed by atoms with E-state index in [9.17, 15) is 9.18 Å². The number of benzene rings is 1. The van der Waals surface area contributed by atoms with Crippen LogP contribution in [0.15, 0.2) is 24.3 Å². The number of carbonyl (C=O) groups excluding carboxylic acids is 1. The SMILES string of the molecule is Cn1nc(C2CCNCC2)nc1NC(=O)CCCOc1ccc(F)cc1. The van der Waals surface area contributed by atoms with Gasteiger partial charge in [-0.2, -0.15) is 10.1 Å². The van der Waals surface area contributed by atoms with Crippen molar-refractivity contribution in [3.8, 4) is 5.75 Å². The van der Waals surface area contributed by atoms with E-state index in [4.69, 9.17) is 4.74 Å². The Labute approximate surface area is 151 Å². The number of hydrogen-bond donors (Lipinski definition) is 2. The molecule has 8 heteroatoms. The van der Waals surface area contributed by atoms with Gasteiger partial charge in [0.1, 0.15) is 11.6 Å². The summed E-state index contributed by atoms with van der Waals surface area (Å²) in [6.45, 7) is 2.33. The van der Waals surface area contributed by atoms with Gasteiger partial charge in [-0.05, 0) is 56.6 Å². The van der Waals surface area contributed by atoms with Gasteiger partial charge in [-0.15, -0.1) is 0 Å². The van der Waals surface area contributed by atoms with Crippen LogP contribution in [-0.4, -0.2) is 40.4 Å². The molecule has 0 radical (unpaired) electrons. The molecule has 1 aromatic heterocycles. The van der Waals surface area contributed by atoms with Crippen LogP contribution in [-0.2, 0) is 11.8 Å². The van der Waals surface area contributed by atoms with Crippen molar-refractivity contribution in [2.45, 2.75) is 31.6 Å². The van der Waals surface area contributed by atoms with Gasteiger partial charge in [-0.3, -0.25) is 10.1 Å². The maximum absolute atomic E-state index is 12.8. The summed E-state index contributed by atoms with van der Waals surface area (Å²) in [5.41, 5.74) is 0. The minimum absolute atomic E-state index is 0.125. The van der Waals surface area contributed by atoms with Crippen LogP contribution >= 0.6 is 0 Å². The van der Waals surface area contributed by atoms with E-state index in [1.54, 1.807) is 23.9 Å². The summed E-state index contributed by atoms with van der Waals surface area (Å²) >= 11 is 0. The molecular weight excluding hydrogens is 337 g/mol. The lowest BCUT2D eigenvalue weighted by Crippen LogP contribution is -2.27. The van der Waals surface area contributed by atoms with Crippen molar-refractivity contribution in [1.82, 2.24) is 20.1 Å². The van der Waals surface area contributed by atoms with Crippen LogP contribution in [0.4, 0.5) is 10.3 Å². The van der Waals surface area contributed by atoms with E-state index in [0.717, 1.165) is 31.8 Å². The maximum atomic E-state index is 12.8. The third kappa shape index (κ3) is 5.01. The minimum Gasteiger partial charge on any atom is -0.494 e. The van der Waals surface area contributed by atoms with E-state index < -0.39 is 0 Å². The van der Waals surface area contributed by atoms with Gasteiger partial charge in [0.2, 0.25) is 11.9 Å². The monoisotopic (exact) mass is 361 g/mol. The molecule has 1 aliphatic heterocycles. The van der Waals surface area contributed by atoms with Gasteiger partial charge in [0, 0.05) is 19.4 Å². The van der Waals surface area contributed by atoms with Crippen molar-refractivity contribution in [1.29, 1.82) is 0 Å². The summed E-state index contributed by atoms with van der Waals surface area (Å²) in [6.07, 6.45) is 2.90. The minimum atomic E-state index is -0.302. The molecule has 1 saturated heterocycles. The number of aryl methyl sites for hydroxylation is 1. The Bertz CT molecular complexity index is 726. The molecule has 26 heavy (non-hydrogen) atoms. The zero-order valence-corrected chi connectivity index (χ0v) is 14.9. The Kier molecular flexibility index (Phi) is 6.17. The molecule has 2 N–H and O–H groups in total. The summed E-state index contributed by atoms with van der Waals surface area (Å²) in [5.74, 6) is 1.78. The van der Waals surface area contributed by atoms with Crippen molar-refractivity contribution in [2.24, 2.45) is 7.05 Å². The van der Waals surface area contributed by atoms with Crippen LogP contribution in [0, 0.1) is 5.82 Å². The Balaban J connectivity index is 1.43. The number of nitrogens with zero attached hydrogens (tertiary/aromatic N) is 3. The third-order valence-electron chi connectivity index (χ3n) is 4.37. The lowest BCUT2D eigenvalue weighted by Gasteiger charge is -2.19. The molecule has 3 rings (SSSR count). The predicted molar refractivity (Wildman–Crippen MR) is 95.6 cm³/mol. The molecule has 0 unspecified atom stereocenters. The topological polar surface area (TPSA) is 81.1 Å². The van der Waals surface area contributed by atoms with Crippen molar-refractivity contribution < 1.29 is 13.9 Å². The van der Waals surface area contributed by atoms with Crippen LogP contribution in [0.3, 0.4) is 0 Å². The number of hydrogen-bond acceptors (Lipinski definition) is 5.